The van der Waals surface area contributed by atoms with E-state index in [0.29, 0.717) is 5.57 Å². The SMILES string of the molecule is C=C1CC(C)=NC=C1C(C)=O.CC. The lowest BCUT2D eigenvalue weighted by Gasteiger charge is -2.10. The van der Waals surface area contributed by atoms with Gasteiger partial charge in [-0.1, -0.05) is 20.4 Å². The van der Waals surface area contributed by atoms with Crippen LogP contribution in [0.15, 0.2) is 28.9 Å². The summed E-state index contributed by atoms with van der Waals surface area (Å²) >= 11 is 0. The monoisotopic (exact) mass is 179 g/mol. The molecule has 0 unspecified atom stereocenters. The maximum Gasteiger partial charge on any atom is 0.161 e. The molecule has 0 radical (unpaired) electrons. The highest BCUT2D eigenvalue weighted by molar-refractivity contribution is 6.01. The van der Waals surface area contributed by atoms with E-state index in [1.807, 2.05) is 20.8 Å². The van der Waals surface area contributed by atoms with E-state index in [-0.39, 0.29) is 5.78 Å². The largest absolute Gasteiger partial charge is 0.294 e. The van der Waals surface area contributed by atoms with Crippen LogP contribution >= 0.6 is 0 Å². The third kappa shape index (κ3) is 3.36. The second-order valence-corrected chi connectivity index (χ2v) is 2.74. The predicted octanol–water partition coefficient (Wildman–Crippen LogP) is 2.91. The van der Waals surface area contributed by atoms with Crippen molar-refractivity contribution >= 4 is 11.5 Å². The van der Waals surface area contributed by atoms with Gasteiger partial charge in [0.15, 0.2) is 5.78 Å². The van der Waals surface area contributed by atoms with E-state index in [2.05, 4.69) is 11.6 Å². The molecule has 0 bridgehead atoms. The fourth-order valence-corrected chi connectivity index (χ4v) is 1.06. The van der Waals surface area contributed by atoms with Crippen molar-refractivity contribution in [3.05, 3.63) is 23.9 Å². The van der Waals surface area contributed by atoms with Crippen LogP contribution in [-0.2, 0) is 4.79 Å². The highest BCUT2D eigenvalue weighted by Gasteiger charge is 2.12. The van der Waals surface area contributed by atoms with Crippen LogP contribution in [-0.4, -0.2) is 11.5 Å². The van der Waals surface area contributed by atoms with Gasteiger partial charge < -0.3 is 0 Å². The molecule has 0 aromatic heterocycles. The minimum Gasteiger partial charge on any atom is -0.294 e. The van der Waals surface area contributed by atoms with Crippen LogP contribution in [0.5, 0.6) is 0 Å². The number of nitrogens with zero attached hydrogens (tertiary/aromatic N) is 1. The average Bonchev–Trinajstić information content (AvgIpc) is 2.07. The normalized spacial score (nSPS) is 15.2. The Morgan fingerprint density at radius 2 is 2.08 bits per heavy atom. The molecule has 1 aliphatic rings. The zero-order valence-corrected chi connectivity index (χ0v) is 8.85. The molecule has 13 heavy (non-hydrogen) atoms. The van der Waals surface area contributed by atoms with Gasteiger partial charge in [0.1, 0.15) is 0 Å². The lowest BCUT2D eigenvalue weighted by molar-refractivity contribution is -0.113. The molecular formula is C11H17NO. The van der Waals surface area contributed by atoms with E-state index in [1.165, 1.54) is 6.92 Å². The van der Waals surface area contributed by atoms with Crippen LogP contribution in [0.3, 0.4) is 0 Å². The quantitative estimate of drug-likeness (QED) is 0.608. The maximum absolute atomic E-state index is 10.9. The third-order valence-corrected chi connectivity index (χ3v) is 1.64. The van der Waals surface area contributed by atoms with Gasteiger partial charge in [0, 0.05) is 23.9 Å². The van der Waals surface area contributed by atoms with Crippen molar-refractivity contribution in [3.63, 3.8) is 0 Å². The molecule has 0 saturated heterocycles. The number of hydrogen-bond donors (Lipinski definition) is 0. The van der Waals surface area contributed by atoms with Gasteiger partial charge in [-0.3, -0.25) is 9.79 Å². The summed E-state index contributed by atoms with van der Waals surface area (Å²) < 4.78 is 0. The first-order valence-electron chi connectivity index (χ1n) is 4.54. The Morgan fingerprint density at radius 1 is 1.54 bits per heavy atom. The topological polar surface area (TPSA) is 29.4 Å². The smallest absolute Gasteiger partial charge is 0.161 e. The van der Waals surface area contributed by atoms with E-state index in [4.69, 9.17) is 0 Å². The van der Waals surface area contributed by atoms with Crippen LogP contribution in [0, 0.1) is 0 Å². The average molecular weight is 179 g/mol. The number of ketones is 1. The van der Waals surface area contributed by atoms with Gasteiger partial charge in [-0.2, -0.15) is 0 Å². The van der Waals surface area contributed by atoms with Gasteiger partial charge in [-0.15, -0.1) is 0 Å². The molecule has 2 nitrogen and oxygen atoms in total. The number of aliphatic imine (C=N–C) groups is 1. The predicted molar refractivity (Wildman–Crippen MR) is 57.0 cm³/mol. The van der Waals surface area contributed by atoms with Gasteiger partial charge in [0.05, 0.1) is 0 Å². The summed E-state index contributed by atoms with van der Waals surface area (Å²) in [4.78, 5) is 15.0. The van der Waals surface area contributed by atoms with Crippen molar-refractivity contribution in [1.29, 1.82) is 0 Å². The van der Waals surface area contributed by atoms with Crippen molar-refractivity contribution in [2.24, 2.45) is 4.99 Å². The summed E-state index contributed by atoms with van der Waals surface area (Å²) in [5.74, 6) is 0.0475. The molecule has 0 atom stereocenters. The van der Waals surface area contributed by atoms with Gasteiger partial charge in [0.2, 0.25) is 0 Å². The standard InChI is InChI=1S/C9H11NO.C2H6/c1-6-4-7(2)10-5-9(6)8(3)11;1-2/h5H,1,4H2,2-3H3;1-2H3. The number of Topliss-reactive ketones (excluding diaryl/α,β-unsaturated/α-hetero) is 1. The molecule has 0 N–H and O–H groups in total. The van der Waals surface area contributed by atoms with Crippen LogP contribution in [0.25, 0.3) is 0 Å². The van der Waals surface area contributed by atoms with E-state index in [1.54, 1.807) is 6.20 Å². The Labute approximate surface area is 80.1 Å². The zero-order chi connectivity index (χ0) is 10.4. The molecule has 0 amide bonds. The summed E-state index contributed by atoms with van der Waals surface area (Å²) in [5, 5.41) is 0. The first kappa shape index (κ1) is 11.8. The molecule has 0 aliphatic carbocycles. The van der Waals surface area contributed by atoms with Crippen LogP contribution < -0.4 is 0 Å². The molecule has 1 rings (SSSR count). The molecule has 0 saturated carbocycles. The van der Waals surface area contributed by atoms with Crippen LogP contribution in [0.1, 0.15) is 34.1 Å². The second kappa shape index (κ2) is 5.46. The number of carbonyl (C=O) groups excluding carboxylic acids is 1. The molecule has 1 aliphatic heterocycles. The molecular weight excluding hydrogens is 162 g/mol. The van der Waals surface area contributed by atoms with Gasteiger partial charge in [-0.25, -0.2) is 0 Å². The first-order valence-corrected chi connectivity index (χ1v) is 4.54. The molecule has 0 aromatic carbocycles. The van der Waals surface area contributed by atoms with Gasteiger partial charge in [0.25, 0.3) is 0 Å². The highest BCUT2D eigenvalue weighted by Crippen LogP contribution is 2.18. The Balaban J connectivity index is 0.000000671. The Bertz CT molecular complexity index is 272. The molecule has 1 heterocycles. The van der Waals surface area contributed by atoms with Crippen LogP contribution in [0.2, 0.25) is 0 Å². The maximum atomic E-state index is 10.9. The summed E-state index contributed by atoms with van der Waals surface area (Å²) in [6.07, 6.45) is 2.33. The molecule has 72 valence electrons. The van der Waals surface area contributed by atoms with Gasteiger partial charge in [-0.05, 0) is 19.4 Å². The lowest BCUT2D eigenvalue weighted by atomic mass is 9.98. The molecule has 0 spiro atoms. The molecule has 2 heteroatoms. The highest BCUT2D eigenvalue weighted by atomic mass is 16.1. The Hall–Kier alpha value is -1.18. The molecule has 0 aromatic rings. The number of hydrogen-bond acceptors (Lipinski definition) is 2. The summed E-state index contributed by atoms with van der Waals surface area (Å²) in [6, 6.07) is 0. The van der Waals surface area contributed by atoms with E-state index < -0.39 is 0 Å². The summed E-state index contributed by atoms with van der Waals surface area (Å²) in [5.41, 5.74) is 2.56. The van der Waals surface area contributed by atoms with E-state index >= 15 is 0 Å². The van der Waals surface area contributed by atoms with Gasteiger partial charge >= 0.3 is 0 Å². The Morgan fingerprint density at radius 3 is 2.46 bits per heavy atom. The van der Waals surface area contributed by atoms with Crippen molar-refractivity contribution in [3.8, 4) is 0 Å². The minimum atomic E-state index is 0.0475. The van der Waals surface area contributed by atoms with Crippen molar-refractivity contribution < 1.29 is 4.79 Å². The lowest BCUT2D eigenvalue weighted by Crippen LogP contribution is -2.07. The second-order valence-electron chi connectivity index (χ2n) is 2.74. The van der Waals surface area contributed by atoms with Crippen molar-refractivity contribution in [1.82, 2.24) is 0 Å². The number of carbonyl (C=O) groups is 1. The van der Waals surface area contributed by atoms with E-state index in [9.17, 15) is 4.79 Å². The molecule has 0 fully saturated rings. The third-order valence-electron chi connectivity index (χ3n) is 1.64. The summed E-state index contributed by atoms with van der Waals surface area (Å²) in [6.45, 7) is 11.3. The Kier molecular flexibility index (Phi) is 4.97. The van der Waals surface area contributed by atoms with Crippen molar-refractivity contribution in [2.45, 2.75) is 34.1 Å². The minimum absolute atomic E-state index is 0.0475. The number of allylic oxidation sites excluding steroid dienone is 2. The fourth-order valence-electron chi connectivity index (χ4n) is 1.06. The van der Waals surface area contributed by atoms with Crippen molar-refractivity contribution in [2.75, 3.05) is 0 Å². The first-order chi connectivity index (χ1) is 6.11. The number of rotatable bonds is 1. The van der Waals surface area contributed by atoms with E-state index in [0.717, 1.165) is 17.7 Å². The summed E-state index contributed by atoms with van der Waals surface area (Å²) in [7, 11) is 0. The fraction of sp³-hybridized carbons (Fsp3) is 0.455. The zero-order valence-electron chi connectivity index (χ0n) is 8.85. The van der Waals surface area contributed by atoms with Crippen LogP contribution in [0.4, 0.5) is 0 Å².